The molecule has 0 fully saturated rings. The zero-order chi connectivity index (χ0) is 27.6. The second kappa shape index (κ2) is 13.4. The van der Waals surface area contributed by atoms with E-state index in [1.54, 1.807) is 0 Å². The maximum atomic E-state index is 13.5. The molecule has 4 aromatic rings. The van der Waals surface area contributed by atoms with Gasteiger partial charge in [-0.15, -0.1) is 0 Å². The number of Topliss-reactive ketones (excluding diaryl/α,β-unsaturated/α-hetero) is 1. The summed E-state index contributed by atoms with van der Waals surface area (Å²) in [5.74, 6) is -2.75. The van der Waals surface area contributed by atoms with Gasteiger partial charge in [0.15, 0.2) is 11.4 Å². The summed E-state index contributed by atoms with van der Waals surface area (Å²) >= 11 is 0. The number of ketones is 1. The fourth-order valence-electron chi connectivity index (χ4n) is 3.86. The van der Waals surface area contributed by atoms with E-state index in [4.69, 9.17) is 9.47 Å². The molecule has 200 valence electrons. The molecule has 4 rings (SSSR count). The molecule has 1 aromatic heterocycles. The maximum Gasteiger partial charge on any atom is 0.253 e. The first-order chi connectivity index (χ1) is 18.9. The summed E-state index contributed by atoms with van der Waals surface area (Å²) in [7, 11) is 0. The molecule has 0 saturated carbocycles. The summed E-state index contributed by atoms with van der Waals surface area (Å²) in [6, 6.07) is 21.4. The smallest absolute Gasteiger partial charge is 0.253 e. The van der Waals surface area contributed by atoms with Crippen LogP contribution in [0.15, 0.2) is 85.1 Å². The number of ether oxygens (including phenoxy) is 2. The molecule has 7 nitrogen and oxygen atoms in total. The number of hydrogen-bond donors (Lipinski definition) is 2. The number of aromatic nitrogens is 1. The lowest BCUT2D eigenvalue weighted by atomic mass is 10.1. The molecule has 3 aromatic carbocycles. The number of aliphatic hydroxyl groups is 1. The van der Waals surface area contributed by atoms with Crippen molar-refractivity contribution in [3.8, 4) is 5.75 Å². The number of nitrogens with zero attached hydrogens (tertiary/aromatic N) is 1. The van der Waals surface area contributed by atoms with Crippen LogP contribution in [0.5, 0.6) is 5.75 Å². The minimum atomic E-state index is -0.772. The standard InChI is InChI=1S/C30H26F2N2O5/c31-23-11-22(12-24(32)13-23)14-34-30(37)25-15-33-28(27(36)19-38-17-20-7-3-1-4-8-20)29(26(25)16-35)39-18-21-9-5-2-6-10-21/h1-13,15,35H,14,16-19H2,(H,34,37). The number of halogens is 2. The van der Waals surface area contributed by atoms with Gasteiger partial charge in [0, 0.05) is 24.4 Å². The number of hydrogen-bond acceptors (Lipinski definition) is 6. The highest BCUT2D eigenvalue weighted by Gasteiger charge is 2.24. The van der Waals surface area contributed by atoms with Gasteiger partial charge in [-0.3, -0.25) is 9.59 Å². The van der Waals surface area contributed by atoms with E-state index >= 15 is 0 Å². The summed E-state index contributed by atoms with van der Waals surface area (Å²) in [5.41, 5.74) is 1.81. The molecule has 1 amide bonds. The quantitative estimate of drug-likeness (QED) is 0.256. The first-order valence-corrected chi connectivity index (χ1v) is 12.1. The van der Waals surface area contributed by atoms with Crippen LogP contribution in [0, 0.1) is 11.6 Å². The highest BCUT2D eigenvalue weighted by molar-refractivity contribution is 6.01. The van der Waals surface area contributed by atoms with Crippen LogP contribution in [0.1, 0.15) is 43.1 Å². The van der Waals surface area contributed by atoms with E-state index in [2.05, 4.69) is 10.3 Å². The highest BCUT2D eigenvalue weighted by Crippen LogP contribution is 2.28. The molecule has 0 aliphatic carbocycles. The second-order valence-electron chi connectivity index (χ2n) is 8.62. The highest BCUT2D eigenvalue weighted by atomic mass is 19.1. The topological polar surface area (TPSA) is 97.8 Å². The monoisotopic (exact) mass is 532 g/mol. The van der Waals surface area contributed by atoms with Crippen LogP contribution >= 0.6 is 0 Å². The van der Waals surface area contributed by atoms with Crippen LogP contribution < -0.4 is 10.1 Å². The van der Waals surface area contributed by atoms with Crippen molar-refractivity contribution in [3.05, 3.63) is 130 Å². The molecular formula is C30H26F2N2O5. The third-order valence-corrected chi connectivity index (χ3v) is 5.75. The zero-order valence-corrected chi connectivity index (χ0v) is 20.9. The van der Waals surface area contributed by atoms with Crippen molar-refractivity contribution in [3.63, 3.8) is 0 Å². The number of nitrogens with one attached hydrogen (secondary N) is 1. The van der Waals surface area contributed by atoms with E-state index in [0.717, 1.165) is 35.5 Å². The van der Waals surface area contributed by atoms with Gasteiger partial charge in [0.25, 0.3) is 5.91 Å². The van der Waals surface area contributed by atoms with Gasteiger partial charge in [-0.05, 0) is 28.8 Å². The fourth-order valence-corrected chi connectivity index (χ4v) is 3.86. The van der Waals surface area contributed by atoms with Crippen LogP contribution in [-0.4, -0.2) is 28.4 Å². The second-order valence-corrected chi connectivity index (χ2v) is 8.62. The number of amides is 1. The van der Waals surface area contributed by atoms with Crippen molar-refractivity contribution in [2.75, 3.05) is 6.61 Å². The Kier molecular flexibility index (Phi) is 9.44. The summed E-state index contributed by atoms with van der Waals surface area (Å²) in [5, 5.41) is 12.8. The molecule has 0 bridgehead atoms. The fraction of sp³-hybridized carbons (Fsp3) is 0.167. The van der Waals surface area contributed by atoms with E-state index in [1.165, 1.54) is 0 Å². The molecule has 0 radical (unpaired) electrons. The van der Waals surface area contributed by atoms with Crippen molar-refractivity contribution < 1.29 is 33.0 Å². The average molecular weight is 533 g/mol. The average Bonchev–Trinajstić information content (AvgIpc) is 2.94. The van der Waals surface area contributed by atoms with Gasteiger partial charge in [0.1, 0.15) is 24.8 Å². The molecule has 9 heteroatoms. The molecular weight excluding hydrogens is 506 g/mol. The van der Waals surface area contributed by atoms with E-state index < -0.39 is 29.9 Å². The van der Waals surface area contributed by atoms with Gasteiger partial charge in [-0.1, -0.05) is 60.7 Å². The molecule has 0 saturated heterocycles. The molecule has 39 heavy (non-hydrogen) atoms. The molecule has 0 unspecified atom stereocenters. The third kappa shape index (κ3) is 7.53. The lowest BCUT2D eigenvalue weighted by Gasteiger charge is -2.17. The lowest BCUT2D eigenvalue weighted by Crippen LogP contribution is -2.26. The van der Waals surface area contributed by atoms with Crippen LogP contribution in [0.25, 0.3) is 0 Å². The Bertz CT molecular complexity index is 1410. The van der Waals surface area contributed by atoms with Crippen LogP contribution in [0.4, 0.5) is 8.78 Å². The van der Waals surface area contributed by atoms with Gasteiger partial charge in [-0.2, -0.15) is 0 Å². The Morgan fingerprint density at radius 1 is 0.846 bits per heavy atom. The van der Waals surface area contributed by atoms with Crippen LogP contribution in [0.3, 0.4) is 0 Å². The summed E-state index contributed by atoms with van der Waals surface area (Å²) in [6.07, 6.45) is 1.16. The minimum Gasteiger partial charge on any atom is -0.486 e. The Morgan fingerprint density at radius 3 is 2.08 bits per heavy atom. The number of benzene rings is 3. The van der Waals surface area contributed by atoms with Gasteiger partial charge in [-0.25, -0.2) is 13.8 Å². The van der Waals surface area contributed by atoms with Gasteiger partial charge in [0.05, 0.1) is 18.8 Å². The molecule has 0 aliphatic rings. The van der Waals surface area contributed by atoms with Crippen molar-refractivity contribution in [2.24, 2.45) is 0 Å². The van der Waals surface area contributed by atoms with Gasteiger partial charge < -0.3 is 19.9 Å². The van der Waals surface area contributed by atoms with Gasteiger partial charge in [0.2, 0.25) is 5.78 Å². The van der Waals surface area contributed by atoms with Crippen LogP contribution in [0.2, 0.25) is 0 Å². The van der Waals surface area contributed by atoms with Crippen molar-refractivity contribution >= 4 is 11.7 Å². The van der Waals surface area contributed by atoms with E-state index in [9.17, 15) is 23.5 Å². The molecule has 0 atom stereocenters. The lowest BCUT2D eigenvalue weighted by molar-refractivity contribution is 0.0716. The normalized spacial score (nSPS) is 10.7. The Morgan fingerprint density at radius 2 is 1.46 bits per heavy atom. The molecule has 2 N–H and O–H groups in total. The van der Waals surface area contributed by atoms with Crippen molar-refractivity contribution in [1.29, 1.82) is 0 Å². The van der Waals surface area contributed by atoms with E-state index in [0.29, 0.717) is 0 Å². The van der Waals surface area contributed by atoms with Gasteiger partial charge >= 0.3 is 0 Å². The number of rotatable bonds is 12. The van der Waals surface area contributed by atoms with Crippen molar-refractivity contribution in [2.45, 2.75) is 26.4 Å². The number of aliphatic hydroxyl groups excluding tert-OH is 1. The van der Waals surface area contributed by atoms with Crippen molar-refractivity contribution in [1.82, 2.24) is 10.3 Å². The summed E-state index contributed by atoms with van der Waals surface area (Å²) < 4.78 is 38.5. The Balaban J connectivity index is 1.56. The number of pyridine rings is 1. The Labute approximate surface area is 224 Å². The third-order valence-electron chi connectivity index (χ3n) is 5.75. The summed E-state index contributed by atoms with van der Waals surface area (Å²) in [4.78, 5) is 30.2. The SMILES string of the molecule is O=C(NCc1cc(F)cc(F)c1)c1cnc(C(=O)COCc2ccccc2)c(OCc2ccccc2)c1CO. The minimum absolute atomic E-state index is 0.0424. The molecule has 1 heterocycles. The van der Waals surface area contributed by atoms with E-state index in [-0.39, 0.29) is 54.5 Å². The Hall–Kier alpha value is -4.47. The largest absolute Gasteiger partial charge is 0.486 e. The summed E-state index contributed by atoms with van der Waals surface area (Å²) in [6.45, 7) is -0.845. The molecule has 0 aliphatic heterocycles. The predicted octanol–water partition coefficient (Wildman–Crippen LogP) is 4.76. The number of carbonyl (C=O) groups excluding carboxylic acids is 2. The zero-order valence-electron chi connectivity index (χ0n) is 20.9. The predicted molar refractivity (Wildman–Crippen MR) is 139 cm³/mol. The number of carbonyl (C=O) groups is 2. The van der Waals surface area contributed by atoms with Crippen LogP contribution in [-0.2, 0) is 31.1 Å². The van der Waals surface area contributed by atoms with E-state index in [1.807, 2.05) is 60.7 Å². The first-order valence-electron chi connectivity index (χ1n) is 12.1. The molecule has 0 spiro atoms. The maximum absolute atomic E-state index is 13.5. The first kappa shape index (κ1) is 27.6.